The van der Waals surface area contributed by atoms with Crippen LogP contribution >= 0.6 is 0 Å². The third kappa shape index (κ3) is 6.02. The van der Waals surface area contributed by atoms with Crippen molar-refractivity contribution in [2.75, 3.05) is 0 Å². The standard InChI is InChI=1S/C63H41N3O2/c1-38-14-9-27-53-54-28-13-25-48(62(54)68-61(38)53)42-19-10-18-41(34-42)47-24-12-26-51-52-33-30-39-15-5-6-22-46(39)59(52)66(60(47)51)45-21-11-20-43(35-45)55-37-56(65-63(64-55)40-16-3-2-4-17-40)44-31-32-50-49-23-7-8-29-57(49)67-58(50)36-44/h2-13,15-38H,14H2,1H3. The summed E-state index contributed by atoms with van der Waals surface area (Å²) in [6, 6.07) is 71.2. The molecule has 0 saturated heterocycles. The van der Waals surface area contributed by atoms with Crippen LogP contribution in [0.15, 0.2) is 215 Å². The van der Waals surface area contributed by atoms with E-state index in [1.54, 1.807) is 0 Å². The van der Waals surface area contributed by atoms with Crippen molar-refractivity contribution in [2.45, 2.75) is 19.3 Å². The zero-order valence-electron chi connectivity index (χ0n) is 37.1. The molecule has 0 spiro atoms. The lowest BCUT2D eigenvalue weighted by atomic mass is 9.93. The first-order valence-electron chi connectivity index (χ1n) is 23.4. The Morgan fingerprint density at radius 3 is 1.99 bits per heavy atom. The number of furan rings is 2. The largest absolute Gasteiger partial charge is 0.459 e. The SMILES string of the molecule is CC1CC=Cc2c1oc1c(-c3cccc(-c4cccc5c6ccc7ccccc7c6n(-c6cccc(-c7cc(-c8ccc9c(c8)oc8ccccc89)nc(-c8ccccc8)n7)c6)c45)c3)cccc21. The van der Waals surface area contributed by atoms with E-state index in [0.29, 0.717) is 11.7 Å². The first kappa shape index (κ1) is 38.5. The maximum atomic E-state index is 6.73. The maximum absolute atomic E-state index is 6.73. The third-order valence-electron chi connectivity index (χ3n) is 14.0. The van der Waals surface area contributed by atoms with Crippen molar-refractivity contribution in [3.05, 3.63) is 218 Å². The lowest BCUT2D eigenvalue weighted by Gasteiger charge is -2.15. The van der Waals surface area contributed by atoms with Gasteiger partial charge in [0.1, 0.15) is 22.5 Å². The molecule has 68 heavy (non-hydrogen) atoms. The molecule has 0 aliphatic heterocycles. The van der Waals surface area contributed by atoms with Gasteiger partial charge in [0, 0.05) is 77.3 Å². The van der Waals surface area contributed by atoms with Crippen LogP contribution in [0.3, 0.4) is 0 Å². The Bertz CT molecular complexity index is 4210. The molecule has 5 heteroatoms. The van der Waals surface area contributed by atoms with Gasteiger partial charge in [0.25, 0.3) is 0 Å². The van der Waals surface area contributed by atoms with E-state index >= 15 is 0 Å². The molecule has 5 nitrogen and oxygen atoms in total. The summed E-state index contributed by atoms with van der Waals surface area (Å²) < 4.78 is 15.6. The average Bonchev–Trinajstić information content (AvgIpc) is 4.09. The summed E-state index contributed by atoms with van der Waals surface area (Å²) in [5, 5.41) is 8.13. The van der Waals surface area contributed by atoms with Gasteiger partial charge in [-0.3, -0.25) is 0 Å². The average molecular weight is 872 g/mol. The number of hydrogen-bond acceptors (Lipinski definition) is 4. The quantitative estimate of drug-likeness (QED) is 0.167. The van der Waals surface area contributed by atoms with Gasteiger partial charge in [-0.1, -0.05) is 177 Å². The van der Waals surface area contributed by atoms with Crippen molar-refractivity contribution in [1.82, 2.24) is 14.5 Å². The molecule has 13 aromatic rings. The van der Waals surface area contributed by atoms with Crippen molar-refractivity contribution in [1.29, 1.82) is 0 Å². The molecule has 4 aromatic heterocycles. The van der Waals surface area contributed by atoms with Crippen LogP contribution in [-0.4, -0.2) is 14.5 Å². The van der Waals surface area contributed by atoms with Crippen molar-refractivity contribution < 1.29 is 8.83 Å². The molecule has 1 aliphatic carbocycles. The van der Waals surface area contributed by atoms with E-state index in [1.165, 1.54) is 38.0 Å². The zero-order chi connectivity index (χ0) is 44.9. The Labute approximate surface area is 391 Å². The minimum Gasteiger partial charge on any atom is -0.459 e. The molecule has 0 N–H and O–H groups in total. The lowest BCUT2D eigenvalue weighted by molar-refractivity contribution is 0.504. The number of rotatable bonds is 6. The molecule has 320 valence electrons. The van der Waals surface area contributed by atoms with Crippen molar-refractivity contribution in [3.8, 4) is 61.8 Å². The summed E-state index contributed by atoms with van der Waals surface area (Å²) >= 11 is 0. The predicted molar refractivity (Wildman–Crippen MR) is 280 cm³/mol. The lowest BCUT2D eigenvalue weighted by Crippen LogP contribution is -1.99. The van der Waals surface area contributed by atoms with Gasteiger partial charge in [-0.15, -0.1) is 0 Å². The van der Waals surface area contributed by atoms with Crippen LogP contribution in [0.1, 0.15) is 30.6 Å². The molecule has 1 atom stereocenters. The molecule has 0 amide bonds. The zero-order valence-corrected chi connectivity index (χ0v) is 37.1. The minimum atomic E-state index is 0.344. The van der Waals surface area contributed by atoms with Crippen LogP contribution in [0, 0.1) is 0 Å². The van der Waals surface area contributed by atoms with Gasteiger partial charge in [0.2, 0.25) is 0 Å². The Kier molecular flexibility index (Phi) is 8.56. The molecule has 0 bridgehead atoms. The van der Waals surface area contributed by atoms with E-state index in [1.807, 2.05) is 30.3 Å². The second kappa shape index (κ2) is 15.1. The molecular formula is C63H41N3O2. The van der Waals surface area contributed by atoms with E-state index < -0.39 is 0 Å². The van der Waals surface area contributed by atoms with Gasteiger partial charge >= 0.3 is 0 Å². The topological polar surface area (TPSA) is 57.0 Å². The molecular weight excluding hydrogens is 831 g/mol. The Balaban J connectivity index is 0.969. The Morgan fingerprint density at radius 1 is 0.456 bits per heavy atom. The summed E-state index contributed by atoms with van der Waals surface area (Å²) in [6.07, 6.45) is 5.49. The highest BCUT2D eigenvalue weighted by Crippen LogP contribution is 2.45. The summed E-state index contributed by atoms with van der Waals surface area (Å²) in [5.41, 5.74) is 16.3. The van der Waals surface area contributed by atoms with Crippen LogP contribution in [0.2, 0.25) is 0 Å². The van der Waals surface area contributed by atoms with Crippen LogP contribution in [0.25, 0.3) is 133 Å². The monoisotopic (exact) mass is 871 g/mol. The van der Waals surface area contributed by atoms with Crippen molar-refractivity contribution in [3.63, 3.8) is 0 Å². The van der Waals surface area contributed by atoms with Crippen LogP contribution in [0.5, 0.6) is 0 Å². The fourth-order valence-corrected chi connectivity index (χ4v) is 10.7. The first-order valence-corrected chi connectivity index (χ1v) is 23.4. The summed E-state index contributed by atoms with van der Waals surface area (Å²) in [7, 11) is 0. The van der Waals surface area contributed by atoms with Gasteiger partial charge in [0.05, 0.1) is 22.4 Å². The molecule has 0 fully saturated rings. The van der Waals surface area contributed by atoms with Crippen LogP contribution < -0.4 is 0 Å². The van der Waals surface area contributed by atoms with E-state index in [0.717, 1.165) is 101 Å². The molecule has 9 aromatic carbocycles. The molecule has 1 aliphatic rings. The molecule has 0 saturated carbocycles. The Hall–Kier alpha value is -8.80. The predicted octanol–water partition coefficient (Wildman–Crippen LogP) is 17.2. The fourth-order valence-electron chi connectivity index (χ4n) is 10.7. The van der Waals surface area contributed by atoms with E-state index in [-0.39, 0.29) is 0 Å². The van der Waals surface area contributed by atoms with Gasteiger partial charge in [0.15, 0.2) is 5.82 Å². The Morgan fingerprint density at radius 2 is 1.10 bits per heavy atom. The highest BCUT2D eigenvalue weighted by atomic mass is 16.3. The highest BCUT2D eigenvalue weighted by molar-refractivity contribution is 6.21. The van der Waals surface area contributed by atoms with Gasteiger partial charge in [-0.25, -0.2) is 9.97 Å². The van der Waals surface area contributed by atoms with E-state index in [4.69, 9.17) is 18.8 Å². The number of benzene rings is 9. The number of nitrogens with zero attached hydrogens (tertiary/aromatic N) is 3. The normalized spacial score (nSPS) is 13.7. The van der Waals surface area contributed by atoms with E-state index in [2.05, 4.69) is 194 Å². The molecule has 14 rings (SSSR count). The second-order valence-electron chi connectivity index (χ2n) is 18.1. The van der Waals surface area contributed by atoms with Crippen molar-refractivity contribution in [2.24, 2.45) is 0 Å². The summed E-state index contributed by atoms with van der Waals surface area (Å²) in [4.78, 5) is 10.5. The first-order chi connectivity index (χ1) is 33.6. The van der Waals surface area contributed by atoms with Crippen LogP contribution in [0.4, 0.5) is 0 Å². The van der Waals surface area contributed by atoms with Gasteiger partial charge in [-0.2, -0.15) is 0 Å². The van der Waals surface area contributed by atoms with Crippen molar-refractivity contribution >= 4 is 71.6 Å². The van der Waals surface area contributed by atoms with Gasteiger partial charge < -0.3 is 13.4 Å². The molecule has 0 radical (unpaired) electrons. The number of fused-ring (bicyclic) bond motifs is 11. The summed E-state index contributed by atoms with van der Waals surface area (Å²) in [5.74, 6) is 2.08. The number of hydrogen-bond donors (Lipinski definition) is 0. The fraction of sp³-hybridized carbons (Fsp3) is 0.0476. The summed E-state index contributed by atoms with van der Waals surface area (Å²) in [6.45, 7) is 2.25. The number of allylic oxidation sites excluding steroid dienone is 1. The maximum Gasteiger partial charge on any atom is 0.160 e. The number of para-hydroxylation sites is 3. The van der Waals surface area contributed by atoms with Gasteiger partial charge in [-0.05, 0) is 65.4 Å². The second-order valence-corrected chi connectivity index (χ2v) is 18.1. The highest BCUT2D eigenvalue weighted by Gasteiger charge is 2.24. The molecule has 4 heterocycles. The molecule has 1 unspecified atom stereocenters. The smallest absolute Gasteiger partial charge is 0.160 e. The third-order valence-corrected chi connectivity index (χ3v) is 14.0. The minimum absolute atomic E-state index is 0.344. The number of aromatic nitrogens is 3. The van der Waals surface area contributed by atoms with E-state index in [9.17, 15) is 0 Å². The van der Waals surface area contributed by atoms with Crippen LogP contribution in [-0.2, 0) is 0 Å².